The van der Waals surface area contributed by atoms with E-state index in [9.17, 15) is 0 Å². The van der Waals surface area contributed by atoms with Crippen LogP contribution in [0.4, 0.5) is 0 Å². The van der Waals surface area contributed by atoms with Crippen LogP contribution >= 0.6 is 0 Å². The molecule has 0 bridgehead atoms. The lowest BCUT2D eigenvalue weighted by Gasteiger charge is -2.38. The van der Waals surface area contributed by atoms with Crippen LogP contribution in [0.2, 0.25) is 0 Å². The fraction of sp³-hybridized carbons (Fsp3) is 0.471. The van der Waals surface area contributed by atoms with Crippen LogP contribution in [0.3, 0.4) is 0 Å². The van der Waals surface area contributed by atoms with Gasteiger partial charge in [-0.25, -0.2) is 4.98 Å². The Balaban J connectivity index is 1.75. The van der Waals surface area contributed by atoms with Crippen molar-refractivity contribution in [1.82, 2.24) is 14.5 Å². The van der Waals surface area contributed by atoms with Crippen molar-refractivity contribution in [2.24, 2.45) is 5.73 Å². The van der Waals surface area contributed by atoms with Crippen molar-refractivity contribution in [3.8, 4) is 5.69 Å². The molecule has 1 aliphatic rings. The van der Waals surface area contributed by atoms with Crippen LogP contribution in [0.5, 0.6) is 0 Å². The number of methoxy groups -OCH3 is 1. The molecule has 0 radical (unpaired) electrons. The number of likely N-dealkylation sites (tertiary alicyclic amines) is 1. The molecule has 0 saturated carbocycles. The van der Waals surface area contributed by atoms with Crippen molar-refractivity contribution >= 4 is 0 Å². The first-order valence-corrected chi connectivity index (χ1v) is 7.86. The number of nitrogens with zero attached hydrogens (tertiary/aromatic N) is 3. The van der Waals surface area contributed by atoms with Gasteiger partial charge in [-0.05, 0) is 25.0 Å². The standard InChI is InChI=1S/C17H24N4O/c1-22-16-7-9-20(15(11-16)12-18)13-17-19-8-10-21(17)14-5-3-2-4-6-14/h2-6,8,10,15-16H,7,9,11-13,18H2,1H3. The quantitative estimate of drug-likeness (QED) is 0.915. The Morgan fingerprint density at radius 3 is 2.86 bits per heavy atom. The summed E-state index contributed by atoms with van der Waals surface area (Å²) in [6, 6.07) is 10.7. The smallest absolute Gasteiger partial charge is 0.127 e. The maximum absolute atomic E-state index is 5.96. The van der Waals surface area contributed by atoms with E-state index in [0.717, 1.165) is 37.4 Å². The molecule has 5 heteroatoms. The summed E-state index contributed by atoms with van der Waals surface area (Å²) in [5.41, 5.74) is 7.11. The second-order valence-electron chi connectivity index (χ2n) is 5.79. The summed E-state index contributed by atoms with van der Waals surface area (Å²) >= 11 is 0. The van der Waals surface area contributed by atoms with E-state index < -0.39 is 0 Å². The average molecular weight is 300 g/mol. The first kappa shape index (κ1) is 15.2. The van der Waals surface area contributed by atoms with Gasteiger partial charge in [-0.15, -0.1) is 0 Å². The van der Waals surface area contributed by atoms with Gasteiger partial charge in [-0.3, -0.25) is 4.90 Å². The number of para-hydroxylation sites is 1. The predicted molar refractivity (Wildman–Crippen MR) is 86.8 cm³/mol. The van der Waals surface area contributed by atoms with Gasteiger partial charge in [0.25, 0.3) is 0 Å². The molecule has 1 aromatic heterocycles. The van der Waals surface area contributed by atoms with E-state index in [2.05, 4.69) is 26.6 Å². The Labute approximate surface area is 131 Å². The van der Waals surface area contributed by atoms with Gasteiger partial charge in [0, 0.05) is 44.3 Å². The molecule has 2 unspecified atom stereocenters. The van der Waals surface area contributed by atoms with Crippen LogP contribution in [-0.4, -0.2) is 46.8 Å². The number of rotatable bonds is 5. The topological polar surface area (TPSA) is 56.3 Å². The van der Waals surface area contributed by atoms with Crippen LogP contribution in [-0.2, 0) is 11.3 Å². The lowest BCUT2D eigenvalue weighted by atomic mass is 9.99. The predicted octanol–water partition coefficient (Wildman–Crippen LogP) is 1.81. The summed E-state index contributed by atoms with van der Waals surface area (Å²) in [6.07, 6.45) is 6.27. The number of imidazole rings is 1. The molecule has 1 aliphatic heterocycles. The summed E-state index contributed by atoms with van der Waals surface area (Å²) in [4.78, 5) is 6.97. The third kappa shape index (κ3) is 3.21. The maximum Gasteiger partial charge on any atom is 0.127 e. The first-order valence-electron chi connectivity index (χ1n) is 7.86. The lowest BCUT2D eigenvalue weighted by Crippen LogP contribution is -2.48. The molecule has 0 aliphatic carbocycles. The minimum atomic E-state index is 0.332. The molecule has 118 valence electrons. The number of aromatic nitrogens is 2. The lowest BCUT2D eigenvalue weighted by molar-refractivity contribution is 0.00917. The van der Waals surface area contributed by atoms with Crippen LogP contribution in [0.1, 0.15) is 18.7 Å². The fourth-order valence-corrected chi connectivity index (χ4v) is 3.19. The minimum absolute atomic E-state index is 0.332. The van der Waals surface area contributed by atoms with E-state index in [1.807, 2.05) is 30.6 Å². The van der Waals surface area contributed by atoms with Gasteiger partial charge in [-0.2, -0.15) is 0 Å². The zero-order valence-corrected chi connectivity index (χ0v) is 13.1. The van der Waals surface area contributed by atoms with Gasteiger partial charge < -0.3 is 15.0 Å². The summed E-state index contributed by atoms with van der Waals surface area (Å²) in [6.45, 7) is 2.48. The summed E-state index contributed by atoms with van der Waals surface area (Å²) in [5, 5.41) is 0. The van der Waals surface area contributed by atoms with Gasteiger partial charge in [-0.1, -0.05) is 18.2 Å². The third-order valence-corrected chi connectivity index (χ3v) is 4.49. The fourth-order valence-electron chi connectivity index (χ4n) is 3.19. The molecule has 2 atom stereocenters. The molecule has 2 aromatic rings. The Hall–Kier alpha value is -1.69. The molecule has 1 saturated heterocycles. The van der Waals surface area contributed by atoms with Gasteiger partial charge in [0.05, 0.1) is 12.6 Å². The number of benzene rings is 1. The van der Waals surface area contributed by atoms with Crippen LogP contribution in [0, 0.1) is 0 Å². The van der Waals surface area contributed by atoms with Crippen LogP contribution < -0.4 is 5.73 Å². The number of hydrogen-bond donors (Lipinski definition) is 1. The minimum Gasteiger partial charge on any atom is -0.381 e. The highest BCUT2D eigenvalue weighted by molar-refractivity contribution is 5.32. The van der Waals surface area contributed by atoms with Crippen LogP contribution in [0.15, 0.2) is 42.7 Å². The highest BCUT2D eigenvalue weighted by atomic mass is 16.5. The SMILES string of the molecule is COC1CCN(Cc2nccn2-c2ccccc2)C(CN)C1. The third-order valence-electron chi connectivity index (χ3n) is 4.49. The van der Waals surface area contributed by atoms with E-state index in [1.54, 1.807) is 7.11 Å². The molecular formula is C17H24N4O. The Morgan fingerprint density at radius 2 is 2.14 bits per heavy atom. The van der Waals surface area contributed by atoms with E-state index in [0.29, 0.717) is 18.7 Å². The Bertz CT molecular complexity index is 583. The normalized spacial score (nSPS) is 22.8. The highest BCUT2D eigenvalue weighted by Crippen LogP contribution is 2.21. The second-order valence-corrected chi connectivity index (χ2v) is 5.79. The molecule has 1 fully saturated rings. The summed E-state index contributed by atoms with van der Waals surface area (Å²) < 4.78 is 7.65. The molecule has 1 aromatic carbocycles. The van der Waals surface area contributed by atoms with Crippen molar-refractivity contribution in [3.63, 3.8) is 0 Å². The zero-order chi connectivity index (χ0) is 15.4. The molecule has 5 nitrogen and oxygen atoms in total. The summed E-state index contributed by atoms with van der Waals surface area (Å²) in [5.74, 6) is 1.06. The Morgan fingerprint density at radius 1 is 1.32 bits per heavy atom. The van der Waals surface area contributed by atoms with E-state index in [1.165, 1.54) is 0 Å². The first-order chi connectivity index (χ1) is 10.8. The molecule has 22 heavy (non-hydrogen) atoms. The molecular weight excluding hydrogens is 276 g/mol. The highest BCUT2D eigenvalue weighted by Gasteiger charge is 2.28. The van der Waals surface area contributed by atoms with Gasteiger partial charge in [0.2, 0.25) is 0 Å². The van der Waals surface area contributed by atoms with Crippen molar-refractivity contribution in [1.29, 1.82) is 0 Å². The molecule has 2 N–H and O–H groups in total. The van der Waals surface area contributed by atoms with E-state index >= 15 is 0 Å². The van der Waals surface area contributed by atoms with E-state index in [4.69, 9.17) is 10.5 Å². The Kier molecular flexibility index (Phi) is 4.87. The zero-order valence-electron chi connectivity index (χ0n) is 13.1. The summed E-state index contributed by atoms with van der Waals surface area (Å²) in [7, 11) is 1.79. The average Bonchev–Trinajstić information content (AvgIpc) is 3.04. The van der Waals surface area contributed by atoms with Crippen molar-refractivity contribution in [3.05, 3.63) is 48.5 Å². The number of piperidine rings is 1. The second kappa shape index (κ2) is 7.05. The van der Waals surface area contributed by atoms with Gasteiger partial charge in [0.15, 0.2) is 0 Å². The van der Waals surface area contributed by atoms with Crippen LogP contribution in [0.25, 0.3) is 5.69 Å². The number of nitrogens with two attached hydrogens (primary N) is 1. The monoisotopic (exact) mass is 300 g/mol. The largest absolute Gasteiger partial charge is 0.381 e. The number of ether oxygens (including phenoxy) is 1. The molecule has 2 heterocycles. The molecule has 3 rings (SSSR count). The maximum atomic E-state index is 5.96. The van der Waals surface area contributed by atoms with Crippen molar-refractivity contribution < 1.29 is 4.74 Å². The van der Waals surface area contributed by atoms with Crippen molar-refractivity contribution in [2.45, 2.75) is 31.5 Å². The number of hydrogen-bond acceptors (Lipinski definition) is 4. The van der Waals surface area contributed by atoms with Gasteiger partial charge in [0.1, 0.15) is 5.82 Å². The van der Waals surface area contributed by atoms with E-state index in [-0.39, 0.29) is 0 Å². The van der Waals surface area contributed by atoms with Crippen molar-refractivity contribution in [2.75, 3.05) is 20.2 Å². The van der Waals surface area contributed by atoms with Gasteiger partial charge >= 0.3 is 0 Å². The molecule has 0 amide bonds. The molecule has 0 spiro atoms.